The summed E-state index contributed by atoms with van der Waals surface area (Å²) >= 11 is 3.47. The van der Waals surface area contributed by atoms with Crippen LogP contribution in [0.4, 0.5) is 0 Å². The van der Waals surface area contributed by atoms with E-state index in [1.54, 1.807) is 23.5 Å². The van der Waals surface area contributed by atoms with Gasteiger partial charge in [-0.25, -0.2) is 0 Å². The second-order valence-corrected chi connectivity index (χ2v) is 6.22. The van der Waals surface area contributed by atoms with Gasteiger partial charge in [0.05, 0.1) is 5.75 Å². The first kappa shape index (κ1) is 13.3. The average molecular weight is 300 g/mol. The third kappa shape index (κ3) is 3.65. The molecular formula is C15H12N2OS2. The van der Waals surface area contributed by atoms with Crippen molar-refractivity contribution in [3.63, 3.8) is 0 Å². The summed E-state index contributed by atoms with van der Waals surface area (Å²) in [7, 11) is 0. The minimum absolute atomic E-state index is 0.718. The van der Waals surface area contributed by atoms with Crippen LogP contribution in [0.1, 0.15) is 5.82 Å². The molecule has 0 saturated carbocycles. The third-order valence-corrected chi connectivity index (χ3v) is 4.55. The molecule has 1 aromatic heterocycles. The molecule has 0 aliphatic rings. The monoisotopic (exact) mass is 300 g/mol. The van der Waals surface area contributed by atoms with Crippen LogP contribution >= 0.6 is 23.5 Å². The van der Waals surface area contributed by atoms with Gasteiger partial charge >= 0.3 is 0 Å². The summed E-state index contributed by atoms with van der Waals surface area (Å²) in [5.74, 6) is 1.44. The molecular weight excluding hydrogens is 288 g/mol. The van der Waals surface area contributed by atoms with Crippen LogP contribution in [0.25, 0.3) is 0 Å². The van der Waals surface area contributed by atoms with Crippen LogP contribution in [-0.2, 0) is 5.75 Å². The van der Waals surface area contributed by atoms with Crippen LogP contribution in [0.3, 0.4) is 0 Å². The van der Waals surface area contributed by atoms with Crippen molar-refractivity contribution in [2.24, 2.45) is 0 Å². The molecule has 0 atom stereocenters. The van der Waals surface area contributed by atoms with E-state index in [9.17, 15) is 0 Å². The van der Waals surface area contributed by atoms with E-state index in [0.29, 0.717) is 0 Å². The van der Waals surface area contributed by atoms with Gasteiger partial charge in [0.2, 0.25) is 6.39 Å². The molecule has 3 nitrogen and oxygen atoms in total. The van der Waals surface area contributed by atoms with Gasteiger partial charge in [0.15, 0.2) is 5.82 Å². The third-order valence-electron chi connectivity index (χ3n) is 2.56. The van der Waals surface area contributed by atoms with E-state index in [2.05, 4.69) is 58.7 Å². The average Bonchev–Trinajstić information content (AvgIpc) is 3.00. The van der Waals surface area contributed by atoms with Crippen molar-refractivity contribution < 1.29 is 4.52 Å². The van der Waals surface area contributed by atoms with Crippen molar-refractivity contribution in [3.8, 4) is 0 Å². The molecule has 0 aliphatic carbocycles. The first-order valence-electron chi connectivity index (χ1n) is 6.11. The lowest BCUT2D eigenvalue weighted by Gasteiger charge is -2.04. The maximum atomic E-state index is 4.73. The standard InChI is InChI=1S/C15H12N2OS2/c1-2-5-12(6-3-1)20-14-8-4-7-13(9-14)19-10-15-16-11-18-17-15/h1-9,11H,10H2. The van der Waals surface area contributed by atoms with Crippen LogP contribution in [0.2, 0.25) is 0 Å². The Kier molecular flexibility index (Phi) is 4.40. The molecule has 0 aliphatic heterocycles. The Balaban J connectivity index is 1.66. The number of benzene rings is 2. The lowest BCUT2D eigenvalue weighted by Crippen LogP contribution is -1.83. The molecule has 0 saturated heterocycles. The van der Waals surface area contributed by atoms with Crippen molar-refractivity contribution in [1.82, 2.24) is 10.1 Å². The van der Waals surface area contributed by atoms with Gasteiger partial charge < -0.3 is 4.52 Å². The zero-order valence-electron chi connectivity index (χ0n) is 10.6. The van der Waals surface area contributed by atoms with Crippen LogP contribution in [-0.4, -0.2) is 10.1 Å². The Bertz CT molecular complexity index is 657. The molecule has 0 amide bonds. The van der Waals surface area contributed by atoms with Crippen molar-refractivity contribution in [3.05, 3.63) is 66.8 Å². The molecule has 0 fully saturated rings. The molecule has 0 N–H and O–H groups in total. The van der Waals surface area contributed by atoms with E-state index < -0.39 is 0 Å². The summed E-state index contributed by atoms with van der Waals surface area (Å²) in [5, 5.41) is 3.81. The molecule has 3 aromatic rings. The highest BCUT2D eigenvalue weighted by molar-refractivity contribution is 7.99. The number of hydrogen-bond acceptors (Lipinski definition) is 5. The van der Waals surface area contributed by atoms with Crippen LogP contribution < -0.4 is 0 Å². The molecule has 1 heterocycles. The zero-order valence-corrected chi connectivity index (χ0v) is 12.2. The quantitative estimate of drug-likeness (QED) is 0.648. The second kappa shape index (κ2) is 6.63. The normalized spacial score (nSPS) is 10.6. The van der Waals surface area contributed by atoms with Gasteiger partial charge in [0.25, 0.3) is 0 Å². The number of aromatic nitrogens is 2. The fraction of sp³-hybridized carbons (Fsp3) is 0.0667. The summed E-state index contributed by atoms with van der Waals surface area (Å²) < 4.78 is 4.73. The maximum absolute atomic E-state index is 4.73. The molecule has 0 spiro atoms. The fourth-order valence-electron chi connectivity index (χ4n) is 1.66. The van der Waals surface area contributed by atoms with E-state index >= 15 is 0 Å². The fourth-order valence-corrected chi connectivity index (χ4v) is 3.44. The Hall–Kier alpha value is -1.72. The van der Waals surface area contributed by atoms with Gasteiger partial charge in [-0.3, -0.25) is 0 Å². The van der Waals surface area contributed by atoms with Crippen molar-refractivity contribution >= 4 is 23.5 Å². The first-order chi connectivity index (χ1) is 9.90. The van der Waals surface area contributed by atoms with Gasteiger partial charge in [-0.05, 0) is 30.3 Å². The number of thioether (sulfide) groups is 1. The Morgan fingerprint density at radius 2 is 1.70 bits per heavy atom. The Labute approximate surface area is 125 Å². The SMILES string of the molecule is c1ccc(Sc2cccc(SCc3ncon3)c2)cc1. The second-order valence-electron chi connectivity index (χ2n) is 4.03. The number of rotatable bonds is 5. The molecule has 100 valence electrons. The summed E-state index contributed by atoms with van der Waals surface area (Å²) in [6.45, 7) is 0. The highest BCUT2D eigenvalue weighted by atomic mass is 32.2. The molecule has 3 rings (SSSR count). The largest absolute Gasteiger partial charge is 0.343 e. The topological polar surface area (TPSA) is 38.9 Å². The molecule has 5 heteroatoms. The summed E-state index contributed by atoms with van der Waals surface area (Å²) in [5.41, 5.74) is 0. The first-order valence-corrected chi connectivity index (χ1v) is 7.91. The smallest absolute Gasteiger partial charge is 0.213 e. The van der Waals surface area contributed by atoms with Gasteiger partial charge in [-0.15, -0.1) is 11.8 Å². The number of hydrogen-bond donors (Lipinski definition) is 0. The molecule has 0 unspecified atom stereocenters. The molecule has 0 radical (unpaired) electrons. The van der Waals surface area contributed by atoms with Crippen molar-refractivity contribution in [2.75, 3.05) is 0 Å². The molecule has 20 heavy (non-hydrogen) atoms. The van der Waals surface area contributed by atoms with Gasteiger partial charge in [-0.1, -0.05) is 41.2 Å². The van der Waals surface area contributed by atoms with E-state index in [0.717, 1.165) is 11.6 Å². The maximum Gasteiger partial charge on any atom is 0.213 e. The number of nitrogens with zero attached hydrogens (tertiary/aromatic N) is 2. The summed E-state index contributed by atoms with van der Waals surface area (Å²) in [6, 6.07) is 18.8. The van der Waals surface area contributed by atoms with Crippen molar-refractivity contribution in [1.29, 1.82) is 0 Å². The van der Waals surface area contributed by atoms with E-state index in [4.69, 9.17) is 4.52 Å². The lowest BCUT2D eigenvalue weighted by atomic mass is 10.4. The minimum Gasteiger partial charge on any atom is -0.343 e. The van der Waals surface area contributed by atoms with Gasteiger partial charge in [0, 0.05) is 14.7 Å². The molecule has 0 bridgehead atoms. The summed E-state index contributed by atoms with van der Waals surface area (Å²) in [4.78, 5) is 7.70. The molecule has 2 aromatic carbocycles. The van der Waals surface area contributed by atoms with E-state index in [1.807, 2.05) is 6.07 Å². The predicted molar refractivity (Wildman–Crippen MR) is 80.9 cm³/mol. The highest BCUT2D eigenvalue weighted by Crippen LogP contribution is 2.31. The highest BCUT2D eigenvalue weighted by Gasteiger charge is 2.02. The Morgan fingerprint density at radius 3 is 2.50 bits per heavy atom. The summed E-state index contributed by atoms with van der Waals surface area (Å²) in [6.07, 6.45) is 1.36. The van der Waals surface area contributed by atoms with Gasteiger partial charge in [-0.2, -0.15) is 4.98 Å². The van der Waals surface area contributed by atoms with Crippen LogP contribution in [0.15, 0.2) is 80.2 Å². The minimum atomic E-state index is 0.718. The Morgan fingerprint density at radius 1 is 0.900 bits per heavy atom. The van der Waals surface area contributed by atoms with E-state index in [1.165, 1.54) is 21.1 Å². The zero-order chi connectivity index (χ0) is 13.6. The van der Waals surface area contributed by atoms with Crippen LogP contribution in [0, 0.1) is 0 Å². The predicted octanol–water partition coefficient (Wildman–Crippen LogP) is 4.51. The van der Waals surface area contributed by atoms with Crippen LogP contribution in [0.5, 0.6) is 0 Å². The van der Waals surface area contributed by atoms with Gasteiger partial charge in [0.1, 0.15) is 0 Å². The van der Waals surface area contributed by atoms with Crippen molar-refractivity contribution in [2.45, 2.75) is 20.4 Å². The van der Waals surface area contributed by atoms with E-state index in [-0.39, 0.29) is 0 Å². The lowest BCUT2D eigenvalue weighted by molar-refractivity contribution is 0.412.